The number of aryl methyl sites for hydroxylation is 3. The van der Waals surface area contributed by atoms with E-state index in [0.717, 1.165) is 54.4 Å². The van der Waals surface area contributed by atoms with Gasteiger partial charge in [-0.2, -0.15) is 0 Å². The zero-order chi connectivity index (χ0) is 18.2. The molecular weight excluding hydrogens is 315 g/mol. The van der Waals surface area contributed by atoms with Crippen molar-refractivity contribution in [2.75, 3.05) is 13.2 Å². The minimum atomic E-state index is -0.158. The highest BCUT2D eigenvalue weighted by Crippen LogP contribution is 2.29. The Labute approximate surface area is 150 Å². The fourth-order valence-electron chi connectivity index (χ4n) is 3.19. The summed E-state index contributed by atoms with van der Waals surface area (Å²) in [6.45, 7) is 4.18. The largest absolute Gasteiger partial charge is 0.396 e. The zero-order valence-corrected chi connectivity index (χ0v) is 15.3. The second kappa shape index (κ2) is 9.69. The summed E-state index contributed by atoms with van der Waals surface area (Å²) < 4.78 is 14.6. The van der Waals surface area contributed by atoms with Crippen LogP contribution in [-0.4, -0.2) is 23.4 Å². The van der Waals surface area contributed by atoms with Crippen LogP contribution in [0.1, 0.15) is 43.4 Å². The lowest BCUT2D eigenvalue weighted by atomic mass is 9.92. The number of halogens is 1. The van der Waals surface area contributed by atoms with Gasteiger partial charge in [0.1, 0.15) is 5.82 Å². The van der Waals surface area contributed by atoms with Crippen LogP contribution in [0.15, 0.2) is 36.4 Å². The first-order valence-electron chi connectivity index (χ1n) is 9.25. The number of aliphatic hydroxyl groups is 2. The molecule has 0 aromatic heterocycles. The van der Waals surface area contributed by atoms with Crippen molar-refractivity contribution in [3.8, 4) is 11.1 Å². The summed E-state index contributed by atoms with van der Waals surface area (Å²) in [6.07, 6.45) is 4.29. The standard InChI is InChI=1S/C22H29FO2/c1-3-5-16-9-11-21(22(23)13-16)20-10-8-17(12-19(20)4-2)6-7-18(14-24)15-25/h8-13,18,24-25H,3-7,14-15H2,1-2H3. The molecule has 0 heterocycles. The molecule has 25 heavy (non-hydrogen) atoms. The van der Waals surface area contributed by atoms with Crippen molar-refractivity contribution in [2.24, 2.45) is 5.92 Å². The van der Waals surface area contributed by atoms with Crippen LogP contribution in [0.2, 0.25) is 0 Å². The Bertz CT molecular complexity index is 678. The van der Waals surface area contributed by atoms with E-state index in [4.69, 9.17) is 0 Å². The van der Waals surface area contributed by atoms with E-state index < -0.39 is 0 Å². The Morgan fingerprint density at radius 2 is 1.52 bits per heavy atom. The fraction of sp³-hybridized carbons (Fsp3) is 0.455. The number of benzene rings is 2. The number of hydrogen-bond donors (Lipinski definition) is 2. The number of rotatable bonds is 9. The molecule has 2 nitrogen and oxygen atoms in total. The fourth-order valence-corrected chi connectivity index (χ4v) is 3.19. The molecule has 3 heteroatoms. The molecule has 0 bridgehead atoms. The van der Waals surface area contributed by atoms with Gasteiger partial charge in [-0.1, -0.05) is 50.6 Å². The molecule has 0 atom stereocenters. The molecule has 2 aromatic carbocycles. The van der Waals surface area contributed by atoms with Gasteiger partial charge in [-0.05, 0) is 54.0 Å². The molecule has 0 aliphatic rings. The smallest absolute Gasteiger partial charge is 0.131 e. The highest BCUT2D eigenvalue weighted by molar-refractivity contribution is 5.69. The number of aliphatic hydroxyl groups excluding tert-OH is 2. The molecule has 0 spiro atoms. The Morgan fingerprint density at radius 1 is 0.880 bits per heavy atom. The van der Waals surface area contributed by atoms with Crippen molar-refractivity contribution >= 4 is 0 Å². The van der Waals surface area contributed by atoms with E-state index >= 15 is 0 Å². The van der Waals surface area contributed by atoms with Crippen LogP contribution >= 0.6 is 0 Å². The first-order valence-corrected chi connectivity index (χ1v) is 9.25. The summed E-state index contributed by atoms with van der Waals surface area (Å²) in [4.78, 5) is 0. The van der Waals surface area contributed by atoms with Crippen molar-refractivity contribution in [3.05, 3.63) is 58.9 Å². The SMILES string of the molecule is CCCc1ccc(-c2ccc(CCC(CO)CO)cc2CC)c(F)c1. The van der Waals surface area contributed by atoms with E-state index in [1.165, 1.54) is 0 Å². The minimum absolute atomic E-state index is 0.00450. The molecule has 0 radical (unpaired) electrons. The van der Waals surface area contributed by atoms with Crippen molar-refractivity contribution in [1.82, 2.24) is 0 Å². The first kappa shape index (κ1) is 19.6. The van der Waals surface area contributed by atoms with E-state index in [0.29, 0.717) is 5.56 Å². The summed E-state index contributed by atoms with van der Waals surface area (Å²) in [5.74, 6) is -0.234. The first-order chi connectivity index (χ1) is 12.1. The molecular formula is C22H29FO2. The van der Waals surface area contributed by atoms with Crippen molar-refractivity contribution in [2.45, 2.75) is 46.0 Å². The van der Waals surface area contributed by atoms with Gasteiger partial charge in [0, 0.05) is 24.7 Å². The highest BCUT2D eigenvalue weighted by atomic mass is 19.1. The summed E-state index contributed by atoms with van der Waals surface area (Å²) >= 11 is 0. The average Bonchev–Trinajstić information content (AvgIpc) is 2.63. The second-order valence-corrected chi connectivity index (χ2v) is 6.68. The Kier molecular flexibility index (Phi) is 7.60. The highest BCUT2D eigenvalue weighted by Gasteiger charge is 2.12. The van der Waals surface area contributed by atoms with Crippen molar-refractivity contribution < 1.29 is 14.6 Å². The van der Waals surface area contributed by atoms with E-state index in [-0.39, 0.29) is 24.9 Å². The average molecular weight is 344 g/mol. The normalized spacial score (nSPS) is 11.3. The quantitative estimate of drug-likeness (QED) is 0.701. The van der Waals surface area contributed by atoms with Gasteiger partial charge in [0.25, 0.3) is 0 Å². The number of hydrogen-bond acceptors (Lipinski definition) is 2. The van der Waals surface area contributed by atoms with E-state index in [1.807, 2.05) is 24.3 Å². The molecule has 2 rings (SSSR count). The third-order valence-electron chi connectivity index (χ3n) is 4.77. The van der Waals surface area contributed by atoms with Crippen molar-refractivity contribution in [1.29, 1.82) is 0 Å². The second-order valence-electron chi connectivity index (χ2n) is 6.68. The Morgan fingerprint density at radius 3 is 2.08 bits per heavy atom. The van der Waals surface area contributed by atoms with Gasteiger partial charge >= 0.3 is 0 Å². The maximum Gasteiger partial charge on any atom is 0.131 e. The molecule has 2 aromatic rings. The maximum absolute atomic E-state index is 14.6. The van der Waals surface area contributed by atoms with Crippen LogP contribution < -0.4 is 0 Å². The van der Waals surface area contributed by atoms with Gasteiger partial charge in [-0.15, -0.1) is 0 Å². The molecule has 2 N–H and O–H groups in total. The lowest BCUT2D eigenvalue weighted by Gasteiger charge is -2.14. The van der Waals surface area contributed by atoms with Gasteiger partial charge in [-0.25, -0.2) is 4.39 Å². The van der Waals surface area contributed by atoms with Gasteiger partial charge in [0.15, 0.2) is 0 Å². The summed E-state index contributed by atoms with van der Waals surface area (Å²) in [5, 5.41) is 18.4. The Balaban J connectivity index is 2.24. The third-order valence-corrected chi connectivity index (χ3v) is 4.77. The van der Waals surface area contributed by atoms with Crippen LogP contribution in [0.25, 0.3) is 11.1 Å². The van der Waals surface area contributed by atoms with Gasteiger partial charge < -0.3 is 10.2 Å². The molecule has 0 saturated carbocycles. The molecule has 136 valence electrons. The predicted octanol–water partition coefficient (Wildman–Crippen LogP) is 4.54. The zero-order valence-electron chi connectivity index (χ0n) is 15.3. The van der Waals surface area contributed by atoms with E-state index in [1.54, 1.807) is 6.07 Å². The summed E-state index contributed by atoms with van der Waals surface area (Å²) in [5.41, 5.74) is 4.94. The van der Waals surface area contributed by atoms with Gasteiger partial charge in [-0.3, -0.25) is 0 Å². The van der Waals surface area contributed by atoms with Crippen LogP contribution in [0.3, 0.4) is 0 Å². The molecule has 0 aliphatic carbocycles. The molecule has 0 amide bonds. The summed E-state index contributed by atoms with van der Waals surface area (Å²) in [7, 11) is 0. The van der Waals surface area contributed by atoms with Gasteiger partial charge in [0.05, 0.1) is 0 Å². The molecule has 0 fully saturated rings. The van der Waals surface area contributed by atoms with Crippen LogP contribution in [0.4, 0.5) is 4.39 Å². The van der Waals surface area contributed by atoms with Crippen molar-refractivity contribution in [3.63, 3.8) is 0 Å². The van der Waals surface area contributed by atoms with Crippen LogP contribution in [0, 0.1) is 11.7 Å². The maximum atomic E-state index is 14.6. The van der Waals surface area contributed by atoms with Crippen LogP contribution in [0.5, 0.6) is 0 Å². The summed E-state index contributed by atoms with van der Waals surface area (Å²) in [6, 6.07) is 11.7. The molecule has 0 aliphatic heterocycles. The lowest BCUT2D eigenvalue weighted by molar-refractivity contribution is 0.144. The molecule has 0 saturated heterocycles. The molecule has 0 unspecified atom stereocenters. The monoisotopic (exact) mass is 344 g/mol. The predicted molar refractivity (Wildman–Crippen MR) is 101 cm³/mol. The van der Waals surface area contributed by atoms with E-state index in [9.17, 15) is 14.6 Å². The third kappa shape index (κ3) is 5.13. The van der Waals surface area contributed by atoms with E-state index in [2.05, 4.69) is 19.9 Å². The lowest BCUT2D eigenvalue weighted by Crippen LogP contribution is -2.12. The minimum Gasteiger partial charge on any atom is -0.396 e. The topological polar surface area (TPSA) is 40.5 Å². The van der Waals surface area contributed by atoms with Crippen LogP contribution in [-0.2, 0) is 19.3 Å². The van der Waals surface area contributed by atoms with Gasteiger partial charge in [0.2, 0.25) is 0 Å². The Hall–Kier alpha value is -1.71.